The number of nitrogens with one attached hydrogen (secondary N) is 1. The van der Waals surface area contributed by atoms with E-state index in [4.69, 9.17) is 10.5 Å². The molecule has 1 fully saturated rings. The monoisotopic (exact) mass is 235 g/mol. The van der Waals surface area contributed by atoms with Gasteiger partial charge in [-0.2, -0.15) is 0 Å². The first-order valence-corrected chi connectivity index (χ1v) is 5.66. The SMILES string of the molecule is CC1OCCC1(C)NC(=O)c1cnccc1N. The molecule has 2 heterocycles. The number of anilines is 1. The topological polar surface area (TPSA) is 77.2 Å². The van der Waals surface area contributed by atoms with E-state index in [-0.39, 0.29) is 17.6 Å². The van der Waals surface area contributed by atoms with Crippen LogP contribution in [0.5, 0.6) is 0 Å². The zero-order chi connectivity index (χ0) is 12.5. The third-order valence-electron chi connectivity index (χ3n) is 3.39. The van der Waals surface area contributed by atoms with Gasteiger partial charge in [-0.25, -0.2) is 0 Å². The normalized spacial score (nSPS) is 28.0. The van der Waals surface area contributed by atoms with Crippen LogP contribution in [0.1, 0.15) is 30.6 Å². The molecule has 1 amide bonds. The molecule has 2 atom stereocenters. The van der Waals surface area contributed by atoms with Gasteiger partial charge in [0.2, 0.25) is 0 Å². The molecule has 5 nitrogen and oxygen atoms in total. The molecule has 1 aliphatic heterocycles. The van der Waals surface area contributed by atoms with Crippen LogP contribution in [0.15, 0.2) is 18.5 Å². The smallest absolute Gasteiger partial charge is 0.255 e. The Kier molecular flexibility index (Phi) is 3.02. The van der Waals surface area contributed by atoms with Crippen LogP contribution in [-0.2, 0) is 4.74 Å². The lowest BCUT2D eigenvalue weighted by Gasteiger charge is -2.29. The molecule has 2 unspecified atom stereocenters. The zero-order valence-corrected chi connectivity index (χ0v) is 10.1. The Hall–Kier alpha value is -1.62. The summed E-state index contributed by atoms with van der Waals surface area (Å²) >= 11 is 0. The van der Waals surface area contributed by atoms with Crippen molar-refractivity contribution in [1.29, 1.82) is 0 Å². The van der Waals surface area contributed by atoms with E-state index >= 15 is 0 Å². The summed E-state index contributed by atoms with van der Waals surface area (Å²) in [6.07, 6.45) is 3.85. The van der Waals surface area contributed by atoms with Crippen molar-refractivity contribution in [3.8, 4) is 0 Å². The molecule has 0 aromatic carbocycles. The fourth-order valence-electron chi connectivity index (χ4n) is 1.92. The minimum atomic E-state index is -0.334. The average Bonchev–Trinajstić information content (AvgIpc) is 2.59. The fourth-order valence-corrected chi connectivity index (χ4v) is 1.92. The van der Waals surface area contributed by atoms with Gasteiger partial charge in [0.25, 0.3) is 5.91 Å². The third kappa shape index (κ3) is 2.24. The lowest BCUT2D eigenvalue weighted by molar-refractivity contribution is 0.0728. The minimum absolute atomic E-state index is 0.00402. The van der Waals surface area contributed by atoms with Crippen LogP contribution in [0.2, 0.25) is 0 Å². The van der Waals surface area contributed by atoms with Gasteiger partial charge in [0.05, 0.1) is 17.2 Å². The Bertz CT molecular complexity index is 436. The van der Waals surface area contributed by atoms with Gasteiger partial charge >= 0.3 is 0 Å². The Morgan fingerprint density at radius 2 is 2.47 bits per heavy atom. The molecule has 1 saturated heterocycles. The summed E-state index contributed by atoms with van der Waals surface area (Å²) < 4.78 is 5.47. The van der Waals surface area contributed by atoms with E-state index in [1.165, 1.54) is 6.20 Å². The highest BCUT2D eigenvalue weighted by atomic mass is 16.5. The minimum Gasteiger partial charge on any atom is -0.398 e. The number of rotatable bonds is 2. The van der Waals surface area contributed by atoms with E-state index in [1.807, 2.05) is 13.8 Å². The first-order chi connectivity index (χ1) is 8.03. The first kappa shape index (κ1) is 11.9. The second-order valence-electron chi connectivity index (χ2n) is 4.60. The Balaban J connectivity index is 2.15. The molecule has 0 radical (unpaired) electrons. The van der Waals surface area contributed by atoms with Crippen LogP contribution in [0.25, 0.3) is 0 Å². The van der Waals surface area contributed by atoms with Crippen molar-refractivity contribution in [3.63, 3.8) is 0 Å². The zero-order valence-electron chi connectivity index (χ0n) is 10.1. The Morgan fingerprint density at radius 1 is 1.71 bits per heavy atom. The van der Waals surface area contributed by atoms with E-state index in [1.54, 1.807) is 12.3 Å². The van der Waals surface area contributed by atoms with Crippen molar-refractivity contribution >= 4 is 11.6 Å². The maximum atomic E-state index is 12.1. The summed E-state index contributed by atoms with van der Waals surface area (Å²) in [7, 11) is 0. The number of nitrogens with zero attached hydrogens (tertiary/aromatic N) is 1. The number of hydrogen-bond donors (Lipinski definition) is 2. The van der Waals surface area contributed by atoms with Crippen LogP contribution in [0, 0.1) is 0 Å². The number of carbonyl (C=O) groups is 1. The number of ether oxygens (including phenoxy) is 1. The molecule has 1 aliphatic rings. The highest BCUT2D eigenvalue weighted by Gasteiger charge is 2.38. The van der Waals surface area contributed by atoms with E-state index < -0.39 is 0 Å². The van der Waals surface area contributed by atoms with Crippen LogP contribution in [0.3, 0.4) is 0 Å². The third-order valence-corrected chi connectivity index (χ3v) is 3.39. The highest BCUT2D eigenvalue weighted by molar-refractivity contribution is 5.99. The average molecular weight is 235 g/mol. The largest absolute Gasteiger partial charge is 0.398 e. The van der Waals surface area contributed by atoms with E-state index in [0.29, 0.717) is 17.9 Å². The summed E-state index contributed by atoms with van der Waals surface area (Å²) in [6.45, 7) is 4.61. The maximum Gasteiger partial charge on any atom is 0.255 e. The number of amides is 1. The molecular weight excluding hydrogens is 218 g/mol. The summed E-state index contributed by atoms with van der Waals surface area (Å²) in [5.74, 6) is -0.199. The van der Waals surface area contributed by atoms with Crippen LogP contribution in [-0.4, -0.2) is 29.1 Å². The lowest BCUT2D eigenvalue weighted by atomic mass is 9.94. The number of carbonyl (C=O) groups excluding carboxylic acids is 1. The van der Waals surface area contributed by atoms with Gasteiger partial charge < -0.3 is 15.8 Å². The Labute approximate surface area is 100 Å². The molecule has 0 spiro atoms. The van der Waals surface area contributed by atoms with Crippen molar-refractivity contribution in [2.45, 2.75) is 31.9 Å². The molecule has 3 N–H and O–H groups in total. The number of aromatic nitrogens is 1. The van der Waals surface area contributed by atoms with Gasteiger partial charge in [0.15, 0.2) is 0 Å². The first-order valence-electron chi connectivity index (χ1n) is 5.66. The van der Waals surface area contributed by atoms with Crippen LogP contribution < -0.4 is 11.1 Å². The molecule has 0 saturated carbocycles. The predicted molar refractivity (Wildman–Crippen MR) is 64.6 cm³/mol. The number of nitrogens with two attached hydrogens (primary N) is 1. The van der Waals surface area contributed by atoms with Crippen LogP contribution >= 0.6 is 0 Å². The summed E-state index contributed by atoms with van der Waals surface area (Å²) in [5, 5.41) is 2.98. The van der Waals surface area contributed by atoms with Gasteiger partial charge in [-0.1, -0.05) is 0 Å². The number of pyridine rings is 1. The molecule has 0 bridgehead atoms. The van der Waals surface area contributed by atoms with E-state index in [0.717, 1.165) is 6.42 Å². The quantitative estimate of drug-likeness (QED) is 0.800. The second-order valence-corrected chi connectivity index (χ2v) is 4.60. The summed E-state index contributed by atoms with van der Waals surface area (Å²) in [4.78, 5) is 16.0. The summed E-state index contributed by atoms with van der Waals surface area (Å²) in [5.41, 5.74) is 6.26. The fraction of sp³-hybridized carbons (Fsp3) is 0.500. The molecule has 92 valence electrons. The molecule has 5 heteroatoms. The number of hydrogen-bond acceptors (Lipinski definition) is 4. The molecule has 17 heavy (non-hydrogen) atoms. The summed E-state index contributed by atoms with van der Waals surface area (Å²) in [6, 6.07) is 1.62. The van der Waals surface area contributed by atoms with Gasteiger partial charge in [-0.3, -0.25) is 9.78 Å². The van der Waals surface area contributed by atoms with Crippen molar-refractivity contribution < 1.29 is 9.53 Å². The van der Waals surface area contributed by atoms with Gasteiger partial charge in [0, 0.05) is 24.7 Å². The maximum absolute atomic E-state index is 12.1. The molecule has 2 rings (SSSR count). The van der Waals surface area contributed by atoms with Crippen molar-refractivity contribution in [2.24, 2.45) is 0 Å². The van der Waals surface area contributed by atoms with Gasteiger partial charge in [-0.15, -0.1) is 0 Å². The molecule has 1 aromatic heterocycles. The highest BCUT2D eigenvalue weighted by Crippen LogP contribution is 2.25. The van der Waals surface area contributed by atoms with E-state index in [9.17, 15) is 4.79 Å². The van der Waals surface area contributed by atoms with Gasteiger partial charge in [0.1, 0.15) is 0 Å². The second kappa shape index (κ2) is 4.33. The molecule has 0 aliphatic carbocycles. The van der Waals surface area contributed by atoms with Gasteiger partial charge in [-0.05, 0) is 26.3 Å². The van der Waals surface area contributed by atoms with Crippen molar-refractivity contribution in [3.05, 3.63) is 24.0 Å². The van der Waals surface area contributed by atoms with Crippen molar-refractivity contribution in [2.75, 3.05) is 12.3 Å². The van der Waals surface area contributed by atoms with E-state index in [2.05, 4.69) is 10.3 Å². The molecule has 1 aromatic rings. The Morgan fingerprint density at radius 3 is 3.06 bits per heavy atom. The predicted octanol–water partition coefficient (Wildman–Crippen LogP) is 0.961. The lowest BCUT2D eigenvalue weighted by Crippen LogP contribution is -2.50. The molecular formula is C12H17N3O2. The standard InChI is InChI=1S/C12H17N3O2/c1-8-12(2,4-6-17-8)15-11(16)9-7-14-5-3-10(9)13/h3,5,7-8H,4,6H2,1-2H3,(H2,13,14)(H,15,16). The van der Waals surface area contributed by atoms with Crippen molar-refractivity contribution in [1.82, 2.24) is 10.3 Å². The number of nitrogen functional groups attached to an aromatic ring is 1. The van der Waals surface area contributed by atoms with Crippen LogP contribution in [0.4, 0.5) is 5.69 Å².